The Morgan fingerprint density at radius 1 is 1.00 bits per heavy atom. The van der Waals surface area contributed by atoms with Crippen molar-refractivity contribution in [2.24, 2.45) is 0 Å². The number of hydrogen-bond acceptors (Lipinski definition) is 4. The summed E-state index contributed by atoms with van der Waals surface area (Å²) < 4.78 is 10.4. The van der Waals surface area contributed by atoms with Gasteiger partial charge in [-0.25, -0.2) is 4.79 Å². The van der Waals surface area contributed by atoms with Gasteiger partial charge in [0, 0.05) is 6.54 Å². The number of fused-ring (bicyclic) bond motifs is 1. The van der Waals surface area contributed by atoms with Crippen LogP contribution in [0.4, 0.5) is 0 Å². The topological polar surface area (TPSA) is 64.6 Å². The largest absolute Gasteiger partial charge is 0.482 e. The Bertz CT molecular complexity index is 681. The van der Waals surface area contributed by atoms with Gasteiger partial charge in [0.15, 0.2) is 13.2 Å². The van der Waals surface area contributed by atoms with E-state index in [2.05, 4.69) is 17.5 Å². The number of rotatable bonds is 8. The van der Waals surface area contributed by atoms with Gasteiger partial charge in [-0.1, -0.05) is 17.7 Å². The zero-order valence-electron chi connectivity index (χ0n) is 15.2. The molecule has 5 nitrogen and oxygen atoms in total. The summed E-state index contributed by atoms with van der Waals surface area (Å²) in [6, 6.07) is 5.92. The van der Waals surface area contributed by atoms with Gasteiger partial charge in [-0.2, -0.15) is 0 Å². The summed E-state index contributed by atoms with van der Waals surface area (Å²) in [4.78, 5) is 23.5. The fraction of sp³-hybridized carbons (Fsp3) is 0.524. The van der Waals surface area contributed by atoms with Crippen LogP contribution in [0.2, 0.25) is 0 Å². The van der Waals surface area contributed by atoms with Crippen molar-refractivity contribution < 1.29 is 19.1 Å². The predicted molar refractivity (Wildman–Crippen MR) is 99.1 cm³/mol. The summed E-state index contributed by atoms with van der Waals surface area (Å²) in [6.45, 7) is 0.151. The molecule has 1 N–H and O–H groups in total. The average Bonchev–Trinajstić information content (AvgIpc) is 3.13. The standard InChI is InChI=1S/C21H27NO4/c23-20(22-12-11-16-5-2-1-3-6-16)14-26-21(24)15-25-19-10-9-17-7-4-8-18(17)13-19/h5,9-10,13H,1-4,6-8,11-12,14-15H2,(H,22,23). The number of amides is 1. The molecule has 0 bridgehead atoms. The fourth-order valence-electron chi connectivity index (χ4n) is 3.51. The number of allylic oxidation sites excluding steroid dienone is 1. The third-order valence-electron chi connectivity index (χ3n) is 4.94. The van der Waals surface area contributed by atoms with Crippen molar-refractivity contribution in [3.63, 3.8) is 0 Å². The lowest BCUT2D eigenvalue weighted by atomic mass is 9.97. The van der Waals surface area contributed by atoms with E-state index in [0.29, 0.717) is 12.3 Å². The summed E-state index contributed by atoms with van der Waals surface area (Å²) >= 11 is 0. The monoisotopic (exact) mass is 357 g/mol. The molecule has 0 atom stereocenters. The smallest absolute Gasteiger partial charge is 0.344 e. The minimum absolute atomic E-state index is 0.182. The molecule has 26 heavy (non-hydrogen) atoms. The van der Waals surface area contributed by atoms with Gasteiger partial charge in [0.2, 0.25) is 0 Å². The van der Waals surface area contributed by atoms with Crippen LogP contribution in [0.1, 0.15) is 49.7 Å². The lowest BCUT2D eigenvalue weighted by Gasteiger charge is -2.13. The number of benzene rings is 1. The lowest BCUT2D eigenvalue weighted by molar-refractivity contribution is -0.150. The summed E-state index contributed by atoms with van der Waals surface area (Å²) in [5, 5.41) is 2.79. The first-order chi connectivity index (χ1) is 12.7. The maximum Gasteiger partial charge on any atom is 0.344 e. The highest BCUT2D eigenvalue weighted by atomic mass is 16.6. The summed E-state index contributed by atoms with van der Waals surface area (Å²) in [5.41, 5.74) is 4.07. The predicted octanol–water partition coefficient (Wildman–Crippen LogP) is 3.10. The van der Waals surface area contributed by atoms with Crippen LogP contribution in [0.25, 0.3) is 0 Å². The Morgan fingerprint density at radius 2 is 1.88 bits per heavy atom. The molecule has 0 heterocycles. The van der Waals surface area contributed by atoms with Crippen LogP contribution >= 0.6 is 0 Å². The fourth-order valence-corrected chi connectivity index (χ4v) is 3.51. The SMILES string of the molecule is O=C(COC(=O)COc1ccc2c(c1)CCC2)NCCC1=CCCCC1. The van der Waals surface area contributed by atoms with Crippen LogP contribution in [0.5, 0.6) is 5.75 Å². The van der Waals surface area contributed by atoms with Gasteiger partial charge < -0.3 is 14.8 Å². The quantitative estimate of drug-likeness (QED) is 0.573. The van der Waals surface area contributed by atoms with Crippen molar-refractivity contribution >= 4 is 11.9 Å². The molecule has 0 fully saturated rings. The van der Waals surface area contributed by atoms with Crippen molar-refractivity contribution in [1.82, 2.24) is 5.32 Å². The molecule has 1 aromatic carbocycles. The number of hydrogen-bond donors (Lipinski definition) is 1. The maximum absolute atomic E-state index is 11.7. The summed E-state index contributed by atoms with van der Waals surface area (Å²) in [6.07, 6.45) is 11.3. The van der Waals surface area contributed by atoms with Crippen LogP contribution in [-0.2, 0) is 27.2 Å². The molecule has 0 aliphatic heterocycles. The number of ether oxygens (including phenoxy) is 2. The van der Waals surface area contributed by atoms with E-state index in [9.17, 15) is 9.59 Å². The summed E-state index contributed by atoms with van der Waals surface area (Å²) in [7, 11) is 0. The second kappa shape index (κ2) is 9.41. The van der Waals surface area contributed by atoms with Crippen LogP contribution in [0, 0.1) is 0 Å². The van der Waals surface area contributed by atoms with E-state index < -0.39 is 5.97 Å². The lowest BCUT2D eigenvalue weighted by Crippen LogP contribution is -2.30. The molecule has 0 unspecified atom stereocenters. The van der Waals surface area contributed by atoms with E-state index in [1.54, 1.807) is 0 Å². The van der Waals surface area contributed by atoms with Crippen molar-refractivity contribution in [3.8, 4) is 5.75 Å². The van der Waals surface area contributed by atoms with Gasteiger partial charge in [0.05, 0.1) is 0 Å². The average molecular weight is 357 g/mol. The van der Waals surface area contributed by atoms with Crippen LogP contribution in [-0.4, -0.2) is 31.6 Å². The van der Waals surface area contributed by atoms with Crippen molar-refractivity contribution in [2.45, 2.75) is 51.4 Å². The van der Waals surface area contributed by atoms with Crippen LogP contribution in [0.15, 0.2) is 29.8 Å². The Labute approximate surface area is 154 Å². The van der Waals surface area contributed by atoms with Crippen molar-refractivity contribution in [3.05, 3.63) is 41.0 Å². The molecule has 1 amide bonds. The Kier molecular flexibility index (Phi) is 6.69. The van der Waals surface area contributed by atoms with Gasteiger partial charge in [-0.15, -0.1) is 0 Å². The highest BCUT2D eigenvalue weighted by Gasteiger charge is 2.13. The molecule has 2 aliphatic carbocycles. The van der Waals surface area contributed by atoms with Gasteiger partial charge in [-0.05, 0) is 74.6 Å². The molecule has 0 radical (unpaired) electrons. The molecule has 0 aromatic heterocycles. The third kappa shape index (κ3) is 5.61. The summed E-state index contributed by atoms with van der Waals surface area (Å²) in [5.74, 6) is -0.129. The van der Waals surface area contributed by atoms with E-state index in [1.165, 1.54) is 36.0 Å². The van der Waals surface area contributed by atoms with E-state index in [-0.39, 0.29) is 19.1 Å². The Hall–Kier alpha value is -2.30. The minimum atomic E-state index is -0.532. The first kappa shape index (κ1) is 18.5. The zero-order valence-corrected chi connectivity index (χ0v) is 15.2. The first-order valence-electron chi connectivity index (χ1n) is 9.55. The molecular formula is C21H27NO4. The van der Waals surface area contributed by atoms with Crippen molar-refractivity contribution in [1.29, 1.82) is 0 Å². The Balaban J connectivity index is 1.29. The molecule has 3 rings (SSSR count). The molecule has 0 saturated carbocycles. The third-order valence-corrected chi connectivity index (χ3v) is 4.94. The van der Waals surface area contributed by atoms with E-state index in [0.717, 1.165) is 32.1 Å². The molecule has 0 saturated heterocycles. The van der Waals surface area contributed by atoms with E-state index in [4.69, 9.17) is 9.47 Å². The molecule has 0 spiro atoms. The molecule has 1 aromatic rings. The number of esters is 1. The highest BCUT2D eigenvalue weighted by molar-refractivity contribution is 5.80. The second-order valence-electron chi connectivity index (χ2n) is 6.94. The van der Waals surface area contributed by atoms with Gasteiger partial charge >= 0.3 is 5.97 Å². The molecule has 2 aliphatic rings. The van der Waals surface area contributed by atoms with Crippen LogP contribution < -0.4 is 10.1 Å². The van der Waals surface area contributed by atoms with E-state index >= 15 is 0 Å². The number of carbonyl (C=O) groups excluding carboxylic acids is 2. The van der Waals surface area contributed by atoms with Gasteiger partial charge in [0.1, 0.15) is 5.75 Å². The van der Waals surface area contributed by atoms with Gasteiger partial charge in [0.25, 0.3) is 5.91 Å². The number of nitrogens with one attached hydrogen (secondary N) is 1. The maximum atomic E-state index is 11.7. The Morgan fingerprint density at radius 3 is 2.73 bits per heavy atom. The van der Waals surface area contributed by atoms with Gasteiger partial charge in [-0.3, -0.25) is 4.79 Å². The second-order valence-corrected chi connectivity index (χ2v) is 6.94. The number of carbonyl (C=O) groups is 2. The van der Waals surface area contributed by atoms with Crippen molar-refractivity contribution in [2.75, 3.05) is 19.8 Å². The normalized spacial score (nSPS) is 15.8. The molecular weight excluding hydrogens is 330 g/mol. The molecule has 140 valence electrons. The first-order valence-corrected chi connectivity index (χ1v) is 9.55. The number of aryl methyl sites for hydroxylation is 2. The zero-order chi connectivity index (χ0) is 18.2. The minimum Gasteiger partial charge on any atom is -0.482 e. The molecule has 5 heteroatoms. The van der Waals surface area contributed by atoms with Crippen LogP contribution in [0.3, 0.4) is 0 Å². The highest BCUT2D eigenvalue weighted by Crippen LogP contribution is 2.26. The van der Waals surface area contributed by atoms with E-state index in [1.807, 2.05) is 12.1 Å².